The lowest BCUT2D eigenvalue weighted by Gasteiger charge is -2.25. The predicted molar refractivity (Wildman–Crippen MR) is 479 cm³/mol. The molecule has 0 radical (unpaired) electrons. The van der Waals surface area contributed by atoms with Crippen molar-refractivity contribution in [3.05, 3.63) is 169 Å². The minimum absolute atomic E-state index is 0. The summed E-state index contributed by atoms with van der Waals surface area (Å²) in [5, 5.41) is 45.0. The summed E-state index contributed by atoms with van der Waals surface area (Å²) in [4.78, 5) is 46.6. The number of likely N-dealkylation sites (N-methyl/N-ethyl adjacent to an activating group) is 1. The highest BCUT2D eigenvalue weighted by molar-refractivity contribution is 7.11. The van der Waals surface area contributed by atoms with E-state index in [-0.39, 0.29) is 29.7 Å². The molecule has 8 N–H and O–H groups in total. The second kappa shape index (κ2) is 40.2. The lowest BCUT2D eigenvalue weighted by atomic mass is 10.0. The highest BCUT2D eigenvalue weighted by Gasteiger charge is 2.39. The quantitative estimate of drug-likeness (QED) is 0.0233. The Balaban J connectivity index is 0.000000137. The van der Waals surface area contributed by atoms with Crippen LogP contribution in [-0.2, 0) is 35.8 Å². The molecule has 16 aromatic heterocycles. The van der Waals surface area contributed by atoms with Gasteiger partial charge in [0, 0.05) is 110 Å². The van der Waals surface area contributed by atoms with Gasteiger partial charge in [0.15, 0.2) is 45.9 Å². The van der Waals surface area contributed by atoms with Crippen LogP contribution in [0.1, 0.15) is 139 Å². The number of likely N-dealkylation sites (tertiary alicyclic amines) is 2. The van der Waals surface area contributed by atoms with E-state index in [2.05, 4.69) is 151 Å². The van der Waals surface area contributed by atoms with Crippen molar-refractivity contribution in [2.24, 2.45) is 0 Å². The maximum Gasteiger partial charge on any atom is 0.180 e. The minimum atomic E-state index is 0. The van der Waals surface area contributed by atoms with Gasteiger partial charge in [-0.2, -0.15) is 37.9 Å². The van der Waals surface area contributed by atoms with E-state index in [0.717, 1.165) is 190 Å². The van der Waals surface area contributed by atoms with Gasteiger partial charge in [-0.3, -0.25) is 47.8 Å². The number of anilines is 8. The molecule has 0 aliphatic carbocycles. The molecule has 0 unspecified atom stereocenters. The van der Waals surface area contributed by atoms with Crippen LogP contribution in [0.4, 0.5) is 43.3 Å². The Morgan fingerprint density at radius 3 is 1.05 bits per heavy atom. The fourth-order valence-corrected chi connectivity index (χ4v) is 17.8. The fourth-order valence-electron chi connectivity index (χ4n) is 15.2. The monoisotopic (exact) mass is 1700 g/mol. The molecule has 4 fully saturated rings. The number of aromatic nitrogens is 24. The van der Waals surface area contributed by atoms with Crippen LogP contribution in [0.2, 0.25) is 0 Å². The van der Waals surface area contributed by atoms with Crippen LogP contribution in [0.25, 0.3) is 67.6 Å². The first-order chi connectivity index (χ1) is 56.9. The fraction of sp³-hybridized carbons (Fsp3) is 0.415. The third kappa shape index (κ3) is 20.6. The smallest absolute Gasteiger partial charge is 0.180 e. The number of nitrogens with one attached hydrogen (secondary N) is 8. The van der Waals surface area contributed by atoms with Gasteiger partial charge in [-0.15, -0.1) is 0 Å². The van der Waals surface area contributed by atoms with Gasteiger partial charge in [0.2, 0.25) is 0 Å². The Morgan fingerprint density at radius 1 is 0.400 bits per heavy atom. The zero-order valence-corrected chi connectivity index (χ0v) is 68.7. The molecular formula is C82H108N32O2S4. The van der Waals surface area contributed by atoms with E-state index < -0.39 is 0 Å². The number of hydrogen-bond acceptors (Lipinski definition) is 30. The van der Waals surface area contributed by atoms with Gasteiger partial charge in [-0.1, -0.05) is 42.5 Å². The summed E-state index contributed by atoms with van der Waals surface area (Å²) < 4.78 is 37.9. The molecule has 632 valence electrons. The van der Waals surface area contributed by atoms with Crippen molar-refractivity contribution in [3.63, 3.8) is 0 Å². The van der Waals surface area contributed by atoms with Gasteiger partial charge in [-0.25, -0.2) is 39.9 Å². The first-order valence-corrected chi connectivity index (χ1v) is 42.2. The summed E-state index contributed by atoms with van der Waals surface area (Å²) in [7, 11) is 4.05. The third-order valence-electron chi connectivity index (χ3n) is 20.8. The molecule has 38 heteroatoms. The predicted octanol–water partition coefficient (Wildman–Crippen LogP) is 16.2. The van der Waals surface area contributed by atoms with Crippen molar-refractivity contribution in [2.45, 2.75) is 160 Å². The van der Waals surface area contributed by atoms with E-state index in [1.54, 1.807) is 24.8 Å². The molecule has 0 amide bonds. The zero-order valence-electron chi connectivity index (χ0n) is 65.4. The van der Waals surface area contributed by atoms with Crippen LogP contribution in [0.15, 0.2) is 123 Å². The molecule has 34 nitrogen and oxygen atoms in total. The average molecular weight is 1700 g/mol. The highest BCUT2D eigenvalue weighted by Crippen LogP contribution is 2.40. The summed E-state index contributed by atoms with van der Waals surface area (Å²) in [6.07, 6.45) is 43.2. The normalized spacial score (nSPS) is 15.3. The number of H-pyrrole nitrogens is 4. The molecule has 16 aromatic rings. The summed E-state index contributed by atoms with van der Waals surface area (Å²) in [6.45, 7) is 18.8. The number of fused-ring (bicyclic) bond motifs is 6. The van der Waals surface area contributed by atoms with Gasteiger partial charge < -0.3 is 40.5 Å². The van der Waals surface area contributed by atoms with Crippen molar-refractivity contribution in [1.29, 1.82) is 0 Å². The first kappa shape index (κ1) is 86.6. The van der Waals surface area contributed by atoms with Gasteiger partial charge in [0.1, 0.15) is 20.0 Å². The maximum absolute atomic E-state index is 5.85. The second-order valence-corrected chi connectivity index (χ2v) is 33.0. The number of hydrogen-bond donors (Lipinski definition) is 8. The Bertz CT molecular complexity index is 5820. The molecule has 4 aliphatic heterocycles. The number of ether oxygens (including phenoxy) is 2. The van der Waals surface area contributed by atoms with Crippen LogP contribution in [-0.4, -0.2) is 214 Å². The second-order valence-electron chi connectivity index (χ2n) is 29.7. The largest absolute Gasteiger partial charge is 0.374 e. The molecule has 4 aliphatic rings. The van der Waals surface area contributed by atoms with Gasteiger partial charge in [0.25, 0.3) is 0 Å². The third-order valence-corrected chi connectivity index (χ3v) is 23.8. The summed E-state index contributed by atoms with van der Waals surface area (Å²) in [6, 6.07) is 9.82. The van der Waals surface area contributed by atoms with Gasteiger partial charge in [-0.05, 0) is 190 Å². The van der Waals surface area contributed by atoms with Crippen molar-refractivity contribution in [1.82, 2.24) is 135 Å². The average Bonchev–Trinajstić information content (AvgIpc) is 1.65. The zero-order chi connectivity index (χ0) is 78.9. The molecule has 20 heterocycles. The van der Waals surface area contributed by atoms with Crippen molar-refractivity contribution in [3.8, 4) is 45.0 Å². The Morgan fingerprint density at radius 2 is 0.717 bits per heavy atom. The molecule has 0 spiro atoms. The maximum atomic E-state index is 5.85. The Labute approximate surface area is 714 Å². The van der Waals surface area contributed by atoms with E-state index in [9.17, 15) is 0 Å². The highest BCUT2D eigenvalue weighted by atomic mass is 32.1. The molecule has 0 saturated carbocycles. The lowest BCUT2D eigenvalue weighted by Crippen LogP contribution is -2.32. The molecule has 2 bridgehead atoms. The summed E-state index contributed by atoms with van der Waals surface area (Å²) >= 11 is 5.75. The molecule has 120 heavy (non-hydrogen) atoms. The Hall–Kier alpha value is -11.2. The first-order valence-electron chi connectivity index (χ1n) is 39.1. The SMILES string of the molecule is C.C.C.C.Cc1cn2c(-c3cn[nH]c3)cnc2c(Nc2cc(CN3C4CCC3CC4)ns2)n1.Cc1cn2c(-c3cn[nH]c3)cnc2c(Nc2cc(CN3CCCCC3)ns2)n1.Cc1cn2c(-c3cn[nH]c3)cnc2c(Nc2cc(COCCN(C)C)ns2)n1.Cc1cn2c(-c3cn[nH]c3)cnc2c(Nc2cc(COCCN3CCCCC3)ns2)n1. The van der Waals surface area contributed by atoms with E-state index in [0.29, 0.717) is 31.5 Å². The number of aryl methyl sites for hydroxylation is 4. The van der Waals surface area contributed by atoms with Crippen LogP contribution >= 0.6 is 46.1 Å². The number of rotatable bonds is 26. The van der Waals surface area contributed by atoms with Crippen molar-refractivity contribution >= 4 is 112 Å². The molecule has 0 atom stereocenters. The van der Waals surface area contributed by atoms with Crippen LogP contribution < -0.4 is 21.3 Å². The van der Waals surface area contributed by atoms with E-state index in [1.807, 2.05) is 141 Å². The van der Waals surface area contributed by atoms with Crippen LogP contribution in [0, 0.1) is 27.7 Å². The van der Waals surface area contributed by atoms with Gasteiger partial charge in [0.05, 0.1) is 144 Å². The van der Waals surface area contributed by atoms with E-state index >= 15 is 0 Å². The summed E-state index contributed by atoms with van der Waals surface area (Å²) in [5.41, 5.74) is 18.6. The van der Waals surface area contributed by atoms with E-state index in [1.165, 1.54) is 137 Å². The standard InChI is InChI=1S/C21H26N8OS.C20H22N8S.C19H22N8S.C18H22N8OS.4CH4/c1-15-13-29-18(16-10-23-24-11-16)12-22-21(29)20(25-15)26-19-9-17(27-31-19)14-30-8-7-28-5-3-2-4-6-28;1-12-10-28-17(13-7-22-23-8-13)9-21-20(28)19(24-12)25-18-6-14(26-29-18)11-27-15-2-3-16(27)5-4-15;1-13-11-27-16(14-8-21-22-9-14)10-20-19(27)18(23-13)24-17-7-15(25-28-17)12-26-5-3-2-4-6-26;1-12-10-26-15(13-7-20-21-8-13)9-19-18(26)17(22-12)23-16-6-14(24-28-16)11-27-5-4-25(2)3;;;;/h9-13H,2-8,14H2,1H3,(H,23,24)(H,25,26);6-10,15-16H,2-5,11H2,1H3,(H,22,23)(H,24,25);7-11H,2-6,12H2,1H3,(H,21,22)(H,23,24);6-10H,4-5,11H2,1-3H3,(H,20,21)(H,22,23);4*1H4. The van der Waals surface area contributed by atoms with Gasteiger partial charge >= 0.3 is 0 Å². The molecule has 20 rings (SSSR count). The van der Waals surface area contributed by atoms with Crippen molar-refractivity contribution in [2.75, 3.05) is 87.8 Å². The topological polar surface area (TPSA) is 367 Å². The van der Waals surface area contributed by atoms with Crippen LogP contribution in [0.3, 0.4) is 0 Å². The van der Waals surface area contributed by atoms with Crippen LogP contribution in [0.5, 0.6) is 0 Å². The number of imidazole rings is 4. The molecular weight excluding hydrogens is 1590 g/mol. The number of aromatic amines is 4. The Kier molecular flexibility index (Phi) is 29.1. The minimum Gasteiger partial charge on any atom is -0.374 e. The molecule has 0 aromatic carbocycles. The lowest BCUT2D eigenvalue weighted by molar-refractivity contribution is 0.0850. The summed E-state index contributed by atoms with van der Waals surface area (Å²) in [5.74, 6) is 2.88. The van der Waals surface area contributed by atoms with Crippen molar-refractivity contribution < 1.29 is 9.47 Å². The number of nitrogens with zero attached hydrogens (tertiary/aromatic N) is 24. The van der Waals surface area contributed by atoms with E-state index in [4.69, 9.17) is 13.8 Å². The molecule has 4 saturated heterocycles. The number of piperidine rings is 2.